The first-order valence-electron chi connectivity index (χ1n) is 2.58. The van der Waals surface area contributed by atoms with E-state index in [1.807, 2.05) is 0 Å². The average molecular weight is 141 g/mol. The van der Waals surface area contributed by atoms with Crippen molar-refractivity contribution in [3.8, 4) is 6.07 Å². The van der Waals surface area contributed by atoms with E-state index in [-0.39, 0.29) is 13.0 Å². The van der Waals surface area contributed by atoms with Gasteiger partial charge in [0.1, 0.15) is 6.42 Å². The number of primary amides is 1. The normalized spacial score (nSPS) is 7.90. The first kappa shape index (κ1) is 8.43. The zero-order chi connectivity index (χ0) is 7.98. The lowest BCUT2D eigenvalue weighted by Gasteiger charge is -1.95. The van der Waals surface area contributed by atoms with Crippen LogP contribution in [0.15, 0.2) is 0 Å². The van der Waals surface area contributed by atoms with Crippen LogP contribution in [0.4, 0.5) is 0 Å². The molecule has 10 heavy (non-hydrogen) atoms. The molecule has 0 unspecified atom stereocenters. The lowest BCUT2D eigenvalue weighted by atomic mass is 10.4. The SMILES string of the molecule is N#CCC(=O)NCC(N)=O. The topological polar surface area (TPSA) is 96.0 Å². The van der Waals surface area contributed by atoms with Crippen molar-refractivity contribution < 1.29 is 9.59 Å². The number of carbonyl (C=O) groups excluding carboxylic acids is 2. The van der Waals surface area contributed by atoms with E-state index >= 15 is 0 Å². The highest BCUT2D eigenvalue weighted by Gasteiger charge is 1.99. The van der Waals surface area contributed by atoms with E-state index in [0.29, 0.717) is 0 Å². The maximum absolute atomic E-state index is 10.4. The minimum atomic E-state index is -0.619. The highest BCUT2D eigenvalue weighted by Crippen LogP contribution is 1.72. The molecule has 3 N–H and O–H groups in total. The van der Waals surface area contributed by atoms with Crippen LogP contribution in [0.5, 0.6) is 0 Å². The second-order valence-corrected chi connectivity index (χ2v) is 1.58. The Morgan fingerprint density at radius 2 is 2.20 bits per heavy atom. The predicted octanol–water partition coefficient (Wildman–Crippen LogP) is -1.50. The lowest BCUT2D eigenvalue weighted by Crippen LogP contribution is -2.32. The van der Waals surface area contributed by atoms with Crippen molar-refractivity contribution in [1.82, 2.24) is 5.32 Å². The van der Waals surface area contributed by atoms with Crippen LogP contribution in [0.3, 0.4) is 0 Å². The monoisotopic (exact) mass is 141 g/mol. The van der Waals surface area contributed by atoms with Gasteiger partial charge in [0.15, 0.2) is 0 Å². The molecule has 0 heterocycles. The molecule has 0 atom stereocenters. The summed E-state index contributed by atoms with van der Waals surface area (Å²) in [6.45, 7) is -0.208. The van der Waals surface area contributed by atoms with Gasteiger partial charge in [0, 0.05) is 0 Å². The lowest BCUT2D eigenvalue weighted by molar-refractivity contribution is -0.124. The zero-order valence-electron chi connectivity index (χ0n) is 5.26. The van der Waals surface area contributed by atoms with Crippen LogP contribution in [0.1, 0.15) is 6.42 Å². The van der Waals surface area contributed by atoms with Gasteiger partial charge in [0.25, 0.3) is 0 Å². The van der Waals surface area contributed by atoms with Crippen LogP contribution < -0.4 is 11.1 Å². The number of nitrogens with one attached hydrogen (secondary N) is 1. The zero-order valence-corrected chi connectivity index (χ0v) is 5.26. The molecule has 54 valence electrons. The number of rotatable bonds is 3. The van der Waals surface area contributed by atoms with Gasteiger partial charge in [-0.05, 0) is 0 Å². The molecule has 0 radical (unpaired) electrons. The molecular weight excluding hydrogens is 134 g/mol. The fraction of sp³-hybridized carbons (Fsp3) is 0.400. The van der Waals surface area contributed by atoms with Crippen LogP contribution in [0, 0.1) is 11.3 Å². The molecule has 2 amide bonds. The van der Waals surface area contributed by atoms with Crippen molar-refractivity contribution in [2.45, 2.75) is 6.42 Å². The number of nitrogens with zero attached hydrogens (tertiary/aromatic N) is 1. The molecule has 0 bridgehead atoms. The van der Waals surface area contributed by atoms with Crippen LogP contribution in [0.2, 0.25) is 0 Å². The summed E-state index contributed by atoms with van der Waals surface area (Å²) in [7, 11) is 0. The van der Waals surface area contributed by atoms with Crippen molar-refractivity contribution in [2.24, 2.45) is 5.73 Å². The van der Waals surface area contributed by atoms with Gasteiger partial charge in [0.05, 0.1) is 12.6 Å². The third kappa shape index (κ3) is 4.59. The molecule has 5 heteroatoms. The number of carbonyl (C=O) groups is 2. The van der Waals surface area contributed by atoms with Crippen molar-refractivity contribution in [2.75, 3.05) is 6.54 Å². The number of hydrogen-bond acceptors (Lipinski definition) is 3. The summed E-state index contributed by atoms with van der Waals surface area (Å²) in [6, 6.07) is 1.63. The smallest absolute Gasteiger partial charge is 0.236 e. The molecule has 0 aromatic rings. The van der Waals surface area contributed by atoms with E-state index < -0.39 is 11.8 Å². The largest absolute Gasteiger partial charge is 0.368 e. The molecular formula is C5H7N3O2. The van der Waals surface area contributed by atoms with Gasteiger partial charge in [-0.3, -0.25) is 9.59 Å². The third-order valence-corrected chi connectivity index (χ3v) is 0.699. The molecule has 0 saturated carbocycles. The molecule has 0 aliphatic heterocycles. The number of nitrogens with two attached hydrogens (primary N) is 1. The van der Waals surface area contributed by atoms with E-state index in [2.05, 4.69) is 5.32 Å². The minimum absolute atomic E-state index is 0.208. The Morgan fingerprint density at radius 3 is 2.60 bits per heavy atom. The van der Waals surface area contributed by atoms with E-state index in [9.17, 15) is 9.59 Å². The Bertz CT molecular complexity index is 182. The molecule has 5 nitrogen and oxygen atoms in total. The highest BCUT2D eigenvalue weighted by molar-refractivity contribution is 5.84. The van der Waals surface area contributed by atoms with Gasteiger partial charge in [-0.25, -0.2) is 0 Å². The molecule has 0 saturated heterocycles. The van der Waals surface area contributed by atoms with E-state index in [4.69, 9.17) is 11.0 Å². The van der Waals surface area contributed by atoms with Crippen molar-refractivity contribution in [3.05, 3.63) is 0 Å². The molecule has 0 rings (SSSR count). The first-order valence-corrected chi connectivity index (χ1v) is 2.58. The van der Waals surface area contributed by atoms with Crippen molar-refractivity contribution in [3.63, 3.8) is 0 Å². The summed E-state index contributed by atoms with van der Waals surface area (Å²) in [5.41, 5.74) is 4.70. The van der Waals surface area contributed by atoms with E-state index in [1.165, 1.54) is 0 Å². The van der Waals surface area contributed by atoms with Crippen LogP contribution >= 0.6 is 0 Å². The van der Waals surface area contributed by atoms with Gasteiger partial charge in [-0.15, -0.1) is 0 Å². The Morgan fingerprint density at radius 1 is 1.60 bits per heavy atom. The third-order valence-electron chi connectivity index (χ3n) is 0.699. The van der Waals surface area contributed by atoms with E-state index in [1.54, 1.807) is 6.07 Å². The standard InChI is InChI=1S/C5H7N3O2/c6-2-1-5(10)8-3-4(7)9/h1,3H2,(H2,7,9)(H,8,10). The Kier molecular flexibility index (Phi) is 3.64. The fourth-order valence-electron chi connectivity index (χ4n) is 0.320. The van der Waals surface area contributed by atoms with Crippen LogP contribution in [-0.4, -0.2) is 18.4 Å². The van der Waals surface area contributed by atoms with Crippen LogP contribution in [-0.2, 0) is 9.59 Å². The number of nitriles is 1. The maximum atomic E-state index is 10.4. The Hall–Kier alpha value is -1.57. The Labute approximate surface area is 57.8 Å². The maximum Gasteiger partial charge on any atom is 0.236 e. The molecule has 0 fully saturated rings. The van der Waals surface area contributed by atoms with Gasteiger partial charge < -0.3 is 11.1 Å². The number of amides is 2. The van der Waals surface area contributed by atoms with Gasteiger partial charge >= 0.3 is 0 Å². The first-order chi connectivity index (χ1) is 4.66. The summed E-state index contributed by atoms with van der Waals surface area (Å²) < 4.78 is 0. The summed E-state index contributed by atoms with van der Waals surface area (Å²) in [5, 5.41) is 10.1. The van der Waals surface area contributed by atoms with Crippen molar-refractivity contribution in [1.29, 1.82) is 5.26 Å². The molecule has 0 aromatic heterocycles. The predicted molar refractivity (Wildman–Crippen MR) is 32.4 cm³/mol. The quantitative estimate of drug-likeness (QED) is 0.500. The second kappa shape index (κ2) is 4.32. The minimum Gasteiger partial charge on any atom is -0.368 e. The van der Waals surface area contributed by atoms with Crippen molar-refractivity contribution >= 4 is 11.8 Å². The average Bonchev–Trinajstić information content (AvgIpc) is 1.85. The van der Waals surface area contributed by atoms with E-state index in [0.717, 1.165) is 0 Å². The molecule has 0 aliphatic carbocycles. The summed E-state index contributed by atoms with van der Waals surface area (Å²) in [5.74, 6) is -1.10. The van der Waals surface area contributed by atoms with Crippen LogP contribution in [0.25, 0.3) is 0 Å². The summed E-state index contributed by atoms with van der Waals surface area (Å²) in [4.78, 5) is 20.4. The summed E-state index contributed by atoms with van der Waals surface area (Å²) >= 11 is 0. The highest BCUT2D eigenvalue weighted by atomic mass is 16.2. The molecule has 0 spiro atoms. The summed E-state index contributed by atoms with van der Waals surface area (Å²) in [6.07, 6.45) is -0.243. The molecule has 0 aromatic carbocycles. The fourth-order valence-corrected chi connectivity index (χ4v) is 0.320. The van der Waals surface area contributed by atoms with Gasteiger partial charge in [-0.2, -0.15) is 5.26 Å². The Balaban J connectivity index is 3.42. The number of hydrogen-bond donors (Lipinski definition) is 2. The second-order valence-electron chi connectivity index (χ2n) is 1.58. The van der Waals surface area contributed by atoms with Gasteiger partial charge in [-0.1, -0.05) is 0 Å². The molecule has 0 aliphatic rings. The van der Waals surface area contributed by atoms with Gasteiger partial charge in [0.2, 0.25) is 11.8 Å².